The van der Waals surface area contributed by atoms with Gasteiger partial charge in [-0.15, -0.1) is 0 Å². The number of aromatic nitrogens is 3. The SMILES string of the molecule is CCCOc1nc(N)nc(Nc2cc(C)ccc2F)n1. The number of benzene rings is 1. The molecule has 0 saturated heterocycles. The molecule has 0 saturated carbocycles. The maximum absolute atomic E-state index is 13.7. The Morgan fingerprint density at radius 1 is 1.30 bits per heavy atom. The summed E-state index contributed by atoms with van der Waals surface area (Å²) in [5.74, 6) is -0.236. The van der Waals surface area contributed by atoms with E-state index in [-0.39, 0.29) is 23.6 Å². The number of anilines is 3. The van der Waals surface area contributed by atoms with E-state index >= 15 is 0 Å². The fourth-order valence-corrected chi connectivity index (χ4v) is 1.54. The number of nitrogens with two attached hydrogens (primary N) is 1. The van der Waals surface area contributed by atoms with Crippen LogP contribution in [0.3, 0.4) is 0 Å². The second-order valence-electron chi connectivity index (χ2n) is 4.26. The Hall–Kier alpha value is -2.44. The summed E-state index contributed by atoms with van der Waals surface area (Å²) in [6.45, 7) is 4.30. The van der Waals surface area contributed by atoms with E-state index in [0.717, 1.165) is 12.0 Å². The number of hydrogen-bond acceptors (Lipinski definition) is 6. The molecule has 0 atom stereocenters. The molecule has 0 bridgehead atoms. The fraction of sp³-hybridized carbons (Fsp3) is 0.308. The minimum Gasteiger partial charge on any atom is -0.463 e. The van der Waals surface area contributed by atoms with E-state index in [4.69, 9.17) is 10.5 Å². The molecule has 2 aromatic rings. The molecule has 106 valence electrons. The number of halogens is 1. The fourth-order valence-electron chi connectivity index (χ4n) is 1.54. The lowest BCUT2D eigenvalue weighted by Gasteiger charge is -2.09. The monoisotopic (exact) mass is 277 g/mol. The third kappa shape index (κ3) is 3.53. The van der Waals surface area contributed by atoms with Crippen molar-refractivity contribution in [3.63, 3.8) is 0 Å². The highest BCUT2D eigenvalue weighted by Crippen LogP contribution is 2.20. The highest BCUT2D eigenvalue weighted by Gasteiger charge is 2.08. The van der Waals surface area contributed by atoms with E-state index in [2.05, 4.69) is 20.3 Å². The molecule has 0 fully saturated rings. The molecule has 0 aliphatic rings. The van der Waals surface area contributed by atoms with Gasteiger partial charge in [0.25, 0.3) is 0 Å². The topological polar surface area (TPSA) is 86.0 Å². The average molecular weight is 277 g/mol. The van der Waals surface area contributed by atoms with Crippen LogP contribution >= 0.6 is 0 Å². The molecule has 0 spiro atoms. The van der Waals surface area contributed by atoms with Gasteiger partial charge in [0.05, 0.1) is 12.3 Å². The van der Waals surface area contributed by atoms with Crippen LogP contribution in [0.2, 0.25) is 0 Å². The first-order valence-electron chi connectivity index (χ1n) is 6.26. The standard InChI is InChI=1S/C13H16FN5O/c1-3-6-20-13-18-11(15)17-12(19-13)16-10-7-8(2)4-5-9(10)14/h4-5,7H,3,6H2,1-2H3,(H3,15,16,17,18,19). The molecule has 6 nitrogen and oxygen atoms in total. The molecule has 0 aliphatic heterocycles. The van der Waals surface area contributed by atoms with Crippen molar-refractivity contribution in [3.05, 3.63) is 29.6 Å². The van der Waals surface area contributed by atoms with Crippen molar-refractivity contribution in [1.82, 2.24) is 15.0 Å². The first-order valence-corrected chi connectivity index (χ1v) is 6.26. The zero-order chi connectivity index (χ0) is 14.5. The van der Waals surface area contributed by atoms with Crippen molar-refractivity contribution < 1.29 is 9.13 Å². The summed E-state index contributed by atoms with van der Waals surface area (Å²) in [5, 5.41) is 2.77. The van der Waals surface area contributed by atoms with Crippen molar-refractivity contribution in [1.29, 1.82) is 0 Å². The molecule has 0 radical (unpaired) electrons. The predicted molar refractivity (Wildman–Crippen MR) is 74.4 cm³/mol. The Labute approximate surface area is 116 Å². The molecule has 0 amide bonds. The highest BCUT2D eigenvalue weighted by atomic mass is 19.1. The summed E-state index contributed by atoms with van der Waals surface area (Å²) in [4.78, 5) is 11.8. The largest absolute Gasteiger partial charge is 0.463 e. The van der Waals surface area contributed by atoms with E-state index < -0.39 is 5.82 Å². The molecule has 1 heterocycles. The summed E-state index contributed by atoms with van der Waals surface area (Å²) < 4.78 is 19.0. The van der Waals surface area contributed by atoms with Crippen LogP contribution in [-0.2, 0) is 0 Å². The number of nitrogen functional groups attached to an aromatic ring is 1. The molecule has 1 aromatic heterocycles. The van der Waals surface area contributed by atoms with E-state index in [1.165, 1.54) is 6.07 Å². The molecule has 3 N–H and O–H groups in total. The zero-order valence-electron chi connectivity index (χ0n) is 11.4. The molecular formula is C13H16FN5O. The van der Waals surface area contributed by atoms with Crippen LogP contribution in [0.1, 0.15) is 18.9 Å². The van der Waals surface area contributed by atoms with Gasteiger partial charge in [-0.3, -0.25) is 0 Å². The molecule has 20 heavy (non-hydrogen) atoms. The minimum absolute atomic E-state index is 0.0154. The van der Waals surface area contributed by atoms with Crippen LogP contribution in [0.4, 0.5) is 22.0 Å². The van der Waals surface area contributed by atoms with Gasteiger partial charge in [-0.25, -0.2) is 4.39 Å². The van der Waals surface area contributed by atoms with Crippen LogP contribution in [0.5, 0.6) is 6.01 Å². The van der Waals surface area contributed by atoms with Gasteiger partial charge in [0, 0.05) is 0 Å². The summed E-state index contributed by atoms with van der Waals surface area (Å²) in [7, 11) is 0. The van der Waals surface area contributed by atoms with Crippen molar-refractivity contribution in [3.8, 4) is 6.01 Å². The Bertz CT molecular complexity index is 605. The lowest BCUT2D eigenvalue weighted by atomic mass is 10.2. The lowest BCUT2D eigenvalue weighted by Crippen LogP contribution is -2.08. The van der Waals surface area contributed by atoms with E-state index in [9.17, 15) is 4.39 Å². The molecule has 0 aliphatic carbocycles. The highest BCUT2D eigenvalue weighted by molar-refractivity contribution is 5.56. The second-order valence-corrected chi connectivity index (χ2v) is 4.26. The van der Waals surface area contributed by atoms with Gasteiger partial charge in [0.2, 0.25) is 11.9 Å². The summed E-state index contributed by atoms with van der Waals surface area (Å²) in [6, 6.07) is 4.83. The van der Waals surface area contributed by atoms with Crippen LogP contribution in [0.15, 0.2) is 18.2 Å². The number of nitrogens with zero attached hydrogens (tertiary/aromatic N) is 3. The van der Waals surface area contributed by atoms with Crippen molar-refractivity contribution >= 4 is 17.6 Å². The molecule has 1 aromatic carbocycles. The van der Waals surface area contributed by atoms with Gasteiger partial charge in [0.1, 0.15) is 5.82 Å². The van der Waals surface area contributed by atoms with Crippen molar-refractivity contribution in [2.45, 2.75) is 20.3 Å². The van der Waals surface area contributed by atoms with Crippen LogP contribution < -0.4 is 15.8 Å². The number of ether oxygens (including phenoxy) is 1. The quantitative estimate of drug-likeness (QED) is 0.873. The van der Waals surface area contributed by atoms with Gasteiger partial charge in [0.15, 0.2) is 0 Å². The Balaban J connectivity index is 2.24. The summed E-state index contributed by atoms with van der Waals surface area (Å²) in [6.07, 6.45) is 0.820. The third-order valence-corrected chi connectivity index (χ3v) is 2.44. The smallest absolute Gasteiger partial charge is 0.323 e. The van der Waals surface area contributed by atoms with E-state index in [1.54, 1.807) is 12.1 Å². The third-order valence-electron chi connectivity index (χ3n) is 2.44. The first-order chi connectivity index (χ1) is 9.58. The second kappa shape index (κ2) is 6.14. The van der Waals surface area contributed by atoms with Crippen LogP contribution in [0, 0.1) is 12.7 Å². The number of aryl methyl sites for hydroxylation is 1. The lowest BCUT2D eigenvalue weighted by molar-refractivity contribution is 0.292. The van der Waals surface area contributed by atoms with Gasteiger partial charge in [-0.05, 0) is 31.0 Å². The van der Waals surface area contributed by atoms with Gasteiger partial charge in [-0.1, -0.05) is 13.0 Å². The van der Waals surface area contributed by atoms with Gasteiger partial charge in [-0.2, -0.15) is 15.0 Å². The first kappa shape index (κ1) is 14.0. The number of rotatable bonds is 5. The molecule has 2 rings (SSSR count). The Kier molecular flexibility index (Phi) is 4.29. The average Bonchev–Trinajstić information content (AvgIpc) is 2.40. The summed E-state index contributed by atoms with van der Waals surface area (Å²) >= 11 is 0. The molecule has 0 unspecified atom stereocenters. The Morgan fingerprint density at radius 3 is 2.85 bits per heavy atom. The van der Waals surface area contributed by atoms with Crippen LogP contribution in [-0.4, -0.2) is 21.6 Å². The predicted octanol–water partition coefficient (Wildman–Crippen LogP) is 2.43. The Morgan fingerprint density at radius 2 is 2.10 bits per heavy atom. The molecular weight excluding hydrogens is 261 g/mol. The molecule has 7 heteroatoms. The summed E-state index contributed by atoms with van der Waals surface area (Å²) in [5.41, 5.74) is 6.77. The van der Waals surface area contributed by atoms with Crippen molar-refractivity contribution in [2.24, 2.45) is 0 Å². The minimum atomic E-state index is -0.398. The number of nitrogens with one attached hydrogen (secondary N) is 1. The number of hydrogen-bond donors (Lipinski definition) is 2. The van der Waals surface area contributed by atoms with Gasteiger partial charge < -0.3 is 15.8 Å². The van der Waals surface area contributed by atoms with Crippen molar-refractivity contribution in [2.75, 3.05) is 17.7 Å². The maximum atomic E-state index is 13.7. The normalized spacial score (nSPS) is 10.3. The van der Waals surface area contributed by atoms with E-state index in [1.807, 2.05) is 13.8 Å². The van der Waals surface area contributed by atoms with E-state index in [0.29, 0.717) is 6.61 Å². The van der Waals surface area contributed by atoms with Gasteiger partial charge >= 0.3 is 6.01 Å². The van der Waals surface area contributed by atoms with Crippen LogP contribution in [0.25, 0.3) is 0 Å². The zero-order valence-corrected chi connectivity index (χ0v) is 11.4. The maximum Gasteiger partial charge on any atom is 0.323 e.